The van der Waals surface area contributed by atoms with Gasteiger partial charge in [-0.3, -0.25) is 0 Å². The van der Waals surface area contributed by atoms with Crippen molar-refractivity contribution < 1.29 is 10.2 Å². The maximum absolute atomic E-state index is 8.25. The molecule has 0 saturated carbocycles. The Morgan fingerprint density at radius 3 is 1.00 bits per heavy atom. The van der Waals surface area contributed by atoms with Gasteiger partial charge in [0.15, 0.2) is 0 Å². The Balaban J connectivity index is -0.0000000542. The van der Waals surface area contributed by atoms with Crippen LogP contribution in [0.4, 0.5) is 0 Å². The van der Waals surface area contributed by atoms with Crippen molar-refractivity contribution in [2.24, 2.45) is 0 Å². The first-order valence-electron chi connectivity index (χ1n) is 2.59. The van der Waals surface area contributed by atoms with Crippen molar-refractivity contribution in [3.05, 3.63) is 0 Å². The lowest BCUT2D eigenvalue weighted by molar-refractivity contribution is -0.325. The average molecular weight is 119 g/mol. The second kappa shape index (κ2) is 28.1. The molecular formula is C5H16BO2-. The van der Waals surface area contributed by atoms with E-state index in [1.165, 1.54) is 0 Å². The van der Waals surface area contributed by atoms with Gasteiger partial charge in [0.05, 0.1) is 0 Å². The fourth-order valence-corrected chi connectivity index (χ4v) is 0. The van der Waals surface area contributed by atoms with Gasteiger partial charge in [-0.25, -0.2) is 0 Å². The van der Waals surface area contributed by atoms with Gasteiger partial charge in [0.2, 0.25) is 0 Å². The molecule has 0 atom stereocenters. The van der Waals surface area contributed by atoms with Gasteiger partial charge < -0.3 is 10.2 Å². The largest absolute Gasteiger partial charge is 0.857 e. The fourth-order valence-electron chi connectivity index (χ4n) is 0. The third-order valence-corrected chi connectivity index (χ3v) is 0. The van der Waals surface area contributed by atoms with E-state index < -0.39 is 0 Å². The minimum atomic E-state index is 0.750. The van der Waals surface area contributed by atoms with Crippen LogP contribution < -0.4 is 5.11 Å². The van der Waals surface area contributed by atoms with Crippen LogP contribution in [0.3, 0.4) is 0 Å². The molecule has 0 aromatic heterocycles. The molecule has 0 fully saturated rings. The molecule has 0 bridgehead atoms. The molecule has 0 radical (unpaired) electrons. The van der Waals surface area contributed by atoms with Gasteiger partial charge in [0.1, 0.15) is 6.71 Å². The Hall–Kier alpha value is -0.0151. The highest BCUT2D eigenvalue weighted by Crippen LogP contribution is 1.68. The summed E-state index contributed by atoms with van der Waals surface area (Å²) in [4.78, 5) is 0. The molecule has 8 heavy (non-hydrogen) atoms. The molecule has 0 spiro atoms. The predicted molar refractivity (Wildman–Crippen MR) is 37.4 cm³/mol. The van der Waals surface area contributed by atoms with Gasteiger partial charge in [-0.05, 0) is 0 Å². The van der Waals surface area contributed by atoms with Crippen LogP contribution in [0.2, 0.25) is 20.5 Å². The molecule has 0 unspecified atom stereocenters. The summed E-state index contributed by atoms with van der Waals surface area (Å²) >= 11 is 0. The number of aliphatic hydroxyl groups is 1. The van der Waals surface area contributed by atoms with E-state index >= 15 is 0 Å². The summed E-state index contributed by atoms with van der Waals surface area (Å²) < 4.78 is 0. The zero-order valence-corrected chi connectivity index (χ0v) is 6.43. The molecule has 0 rings (SSSR count). The molecule has 2 nitrogen and oxygen atoms in total. The first kappa shape index (κ1) is 15.7. The normalized spacial score (nSPS) is 4.88. The van der Waals surface area contributed by atoms with Crippen molar-refractivity contribution in [3.63, 3.8) is 0 Å². The van der Waals surface area contributed by atoms with E-state index in [4.69, 9.17) is 10.2 Å². The summed E-state index contributed by atoms with van der Waals surface area (Å²) in [5, 5.41) is 15.2. The van der Waals surface area contributed by atoms with E-state index in [1.54, 1.807) is 0 Å². The standard InChI is InChI=1S/C3H9B.CH4O.CH3O/c1-4(2)3;2*1-2/h1-3H3;2H,1H3;1H3/q;;-1. The summed E-state index contributed by atoms with van der Waals surface area (Å²) in [7, 11) is 1.75. The maximum Gasteiger partial charge on any atom is 0.130 e. The third kappa shape index (κ3) is 655000. The van der Waals surface area contributed by atoms with Crippen LogP contribution in [0.5, 0.6) is 0 Å². The minimum absolute atomic E-state index is 0.750. The molecule has 0 aliphatic heterocycles. The smallest absolute Gasteiger partial charge is 0.130 e. The van der Waals surface area contributed by atoms with E-state index in [1.807, 2.05) is 0 Å². The monoisotopic (exact) mass is 119 g/mol. The quantitative estimate of drug-likeness (QED) is 0.454. The molecule has 3 heteroatoms. The van der Waals surface area contributed by atoms with Crippen LogP contribution >= 0.6 is 0 Å². The van der Waals surface area contributed by atoms with Crippen molar-refractivity contribution in [1.29, 1.82) is 0 Å². The van der Waals surface area contributed by atoms with Crippen LogP contribution in [-0.2, 0) is 0 Å². The molecular weight excluding hydrogens is 103 g/mol. The lowest BCUT2D eigenvalue weighted by atomic mass is 9.58. The van der Waals surface area contributed by atoms with E-state index in [0.717, 1.165) is 20.9 Å². The number of rotatable bonds is 0. The van der Waals surface area contributed by atoms with Gasteiger partial charge >= 0.3 is 0 Å². The molecule has 0 aromatic rings. The number of hydrogen-bond acceptors (Lipinski definition) is 2. The van der Waals surface area contributed by atoms with Gasteiger partial charge in [-0.1, -0.05) is 20.5 Å². The Kier molecular flexibility index (Phi) is 55.0. The lowest BCUT2D eigenvalue weighted by Crippen LogP contribution is -1.84. The molecule has 0 aliphatic carbocycles. The number of aliphatic hydroxyl groups excluding tert-OH is 1. The third-order valence-electron chi connectivity index (χ3n) is 0. The molecule has 0 heterocycles. The minimum Gasteiger partial charge on any atom is -0.857 e. The van der Waals surface area contributed by atoms with Crippen molar-refractivity contribution in [1.82, 2.24) is 0 Å². The molecule has 0 aliphatic rings. The Morgan fingerprint density at radius 1 is 1.00 bits per heavy atom. The van der Waals surface area contributed by atoms with E-state index in [0.29, 0.717) is 0 Å². The molecule has 52 valence electrons. The van der Waals surface area contributed by atoms with E-state index in [9.17, 15) is 0 Å². The van der Waals surface area contributed by atoms with Crippen LogP contribution in [0, 0.1) is 0 Å². The fraction of sp³-hybridized carbons (Fsp3) is 1.00. The zero-order chi connectivity index (χ0) is 7.58. The summed E-state index contributed by atoms with van der Waals surface area (Å²) in [6, 6.07) is 0. The molecule has 0 amide bonds. The van der Waals surface area contributed by atoms with E-state index in [-0.39, 0.29) is 0 Å². The summed E-state index contributed by atoms with van der Waals surface area (Å²) in [5.74, 6) is 0. The summed E-state index contributed by atoms with van der Waals surface area (Å²) in [6.07, 6.45) is 0. The molecule has 0 saturated heterocycles. The second-order valence-corrected chi connectivity index (χ2v) is 1.73. The second-order valence-electron chi connectivity index (χ2n) is 1.73. The maximum atomic E-state index is 8.25. The van der Waals surface area contributed by atoms with Crippen LogP contribution in [0.15, 0.2) is 0 Å². The van der Waals surface area contributed by atoms with Crippen molar-refractivity contribution >= 4 is 6.71 Å². The first-order valence-corrected chi connectivity index (χ1v) is 2.59. The topological polar surface area (TPSA) is 43.3 Å². The molecule has 0 aromatic carbocycles. The Bertz CT molecular complexity index is 15.1. The Morgan fingerprint density at radius 2 is 1.00 bits per heavy atom. The molecule has 1 N–H and O–H groups in total. The first-order chi connectivity index (χ1) is 3.73. The zero-order valence-electron chi connectivity index (χ0n) is 6.43. The van der Waals surface area contributed by atoms with Crippen LogP contribution in [0.1, 0.15) is 0 Å². The Labute approximate surface area is 52.6 Å². The van der Waals surface area contributed by atoms with Gasteiger partial charge in [-0.2, -0.15) is 7.11 Å². The average Bonchev–Trinajstić information content (AvgIpc) is 1.75. The SMILES string of the molecule is CB(C)C.CO.C[O-]. The summed E-state index contributed by atoms with van der Waals surface area (Å²) in [5.41, 5.74) is 0. The van der Waals surface area contributed by atoms with Gasteiger partial charge in [0, 0.05) is 7.11 Å². The van der Waals surface area contributed by atoms with E-state index in [2.05, 4.69) is 20.5 Å². The highest BCUT2D eigenvalue weighted by Gasteiger charge is 1.76. The highest BCUT2D eigenvalue weighted by molar-refractivity contribution is 6.54. The van der Waals surface area contributed by atoms with Gasteiger partial charge in [0.25, 0.3) is 0 Å². The van der Waals surface area contributed by atoms with Crippen molar-refractivity contribution in [2.45, 2.75) is 20.5 Å². The van der Waals surface area contributed by atoms with Crippen LogP contribution in [0.25, 0.3) is 0 Å². The van der Waals surface area contributed by atoms with Crippen molar-refractivity contribution in [3.8, 4) is 0 Å². The highest BCUT2D eigenvalue weighted by atomic mass is 16.2. The lowest BCUT2D eigenvalue weighted by Gasteiger charge is -1.71. The van der Waals surface area contributed by atoms with Crippen LogP contribution in [-0.4, -0.2) is 26.0 Å². The predicted octanol–water partition coefficient (Wildman–Crippen LogP) is -0.0444. The van der Waals surface area contributed by atoms with Gasteiger partial charge in [-0.15, -0.1) is 0 Å². The van der Waals surface area contributed by atoms with Crippen molar-refractivity contribution in [2.75, 3.05) is 14.2 Å². The summed E-state index contributed by atoms with van der Waals surface area (Å²) in [6.45, 7) is 7.33. The number of hydrogen-bond donors (Lipinski definition) is 1.